The van der Waals surface area contributed by atoms with E-state index in [0.29, 0.717) is 5.56 Å². The molecule has 0 aliphatic heterocycles. The molecule has 2 heterocycles. The van der Waals surface area contributed by atoms with Gasteiger partial charge in [0.25, 0.3) is 0 Å². The Morgan fingerprint density at radius 1 is 1.47 bits per heavy atom. The summed E-state index contributed by atoms with van der Waals surface area (Å²) in [5.41, 5.74) is 0.339. The van der Waals surface area contributed by atoms with Gasteiger partial charge in [-0.25, -0.2) is 14.1 Å². The summed E-state index contributed by atoms with van der Waals surface area (Å²) in [5.74, 6) is -0.573. The molecule has 2 aromatic heterocycles. The molecule has 0 fully saturated rings. The Morgan fingerprint density at radius 3 is 2.87 bits per heavy atom. The van der Waals surface area contributed by atoms with Crippen LogP contribution in [0.15, 0.2) is 24.7 Å². The molecule has 0 aromatic carbocycles. The molecule has 0 N–H and O–H groups in total. The highest BCUT2D eigenvalue weighted by Crippen LogP contribution is 2.14. The summed E-state index contributed by atoms with van der Waals surface area (Å²) in [5, 5.41) is 12.6. The molecule has 0 atom stereocenters. The Balaban J connectivity index is 2.50. The highest BCUT2D eigenvalue weighted by atomic mass is 35.5. The maximum Gasteiger partial charge on any atom is 0.189 e. The molecule has 0 unspecified atom stereocenters. The van der Waals surface area contributed by atoms with Crippen LogP contribution in [0.5, 0.6) is 0 Å². The lowest BCUT2D eigenvalue weighted by Gasteiger charge is -2.00. The highest BCUT2D eigenvalue weighted by Gasteiger charge is 2.08. The highest BCUT2D eigenvalue weighted by molar-refractivity contribution is 6.30. The molecule has 0 saturated heterocycles. The Morgan fingerprint density at radius 2 is 2.27 bits per heavy atom. The van der Waals surface area contributed by atoms with Gasteiger partial charge in [0, 0.05) is 6.20 Å². The van der Waals surface area contributed by atoms with Gasteiger partial charge in [0.15, 0.2) is 11.6 Å². The first kappa shape index (κ1) is 9.62. The molecule has 0 spiro atoms. The molecular weight excluding hydrogens is 219 g/mol. The second-order valence-corrected chi connectivity index (χ2v) is 3.18. The van der Waals surface area contributed by atoms with E-state index in [1.54, 1.807) is 0 Å². The minimum Gasteiger partial charge on any atom is -0.233 e. The number of nitrogens with zero attached hydrogens (tertiary/aromatic N) is 4. The molecule has 0 aliphatic carbocycles. The standard InChI is InChI=1S/C9H4ClFN4/c10-7-1-8(11)9(13-4-7)15-5-6(2-12)3-14-15/h1,3-5H. The first-order valence-electron chi connectivity index (χ1n) is 3.97. The fourth-order valence-corrected chi connectivity index (χ4v) is 1.22. The van der Waals surface area contributed by atoms with Crippen LogP contribution < -0.4 is 0 Å². The zero-order valence-electron chi connectivity index (χ0n) is 7.35. The second-order valence-electron chi connectivity index (χ2n) is 2.74. The summed E-state index contributed by atoms with van der Waals surface area (Å²) in [7, 11) is 0. The summed E-state index contributed by atoms with van der Waals surface area (Å²) < 4.78 is 14.5. The molecule has 0 bridgehead atoms. The smallest absolute Gasteiger partial charge is 0.189 e. The summed E-state index contributed by atoms with van der Waals surface area (Å²) >= 11 is 5.55. The number of hydrogen-bond acceptors (Lipinski definition) is 3. The van der Waals surface area contributed by atoms with Gasteiger partial charge in [0.1, 0.15) is 6.07 Å². The lowest BCUT2D eigenvalue weighted by atomic mass is 10.4. The molecule has 0 amide bonds. The molecule has 4 nitrogen and oxygen atoms in total. The third kappa shape index (κ3) is 1.80. The Kier molecular flexibility index (Phi) is 2.35. The average Bonchev–Trinajstić information content (AvgIpc) is 2.66. The van der Waals surface area contributed by atoms with E-state index in [2.05, 4.69) is 10.1 Å². The summed E-state index contributed by atoms with van der Waals surface area (Å²) in [6.45, 7) is 0. The average molecular weight is 223 g/mol. The van der Waals surface area contributed by atoms with Gasteiger partial charge in [0.2, 0.25) is 0 Å². The number of hydrogen-bond donors (Lipinski definition) is 0. The number of halogens is 2. The molecule has 0 radical (unpaired) electrons. The first-order valence-corrected chi connectivity index (χ1v) is 4.34. The zero-order valence-corrected chi connectivity index (χ0v) is 8.11. The summed E-state index contributed by atoms with van der Waals surface area (Å²) in [4.78, 5) is 3.78. The van der Waals surface area contributed by atoms with E-state index in [4.69, 9.17) is 16.9 Å². The van der Waals surface area contributed by atoms with Crippen LogP contribution in [0.4, 0.5) is 4.39 Å². The van der Waals surface area contributed by atoms with E-state index in [1.165, 1.54) is 23.3 Å². The third-order valence-corrected chi connectivity index (χ3v) is 1.92. The van der Waals surface area contributed by atoms with Crippen molar-refractivity contribution in [3.63, 3.8) is 0 Å². The van der Waals surface area contributed by atoms with Gasteiger partial charge in [-0.15, -0.1) is 0 Å². The van der Waals surface area contributed by atoms with Crippen LogP contribution in [0.2, 0.25) is 5.02 Å². The maximum atomic E-state index is 13.4. The van der Waals surface area contributed by atoms with E-state index in [1.807, 2.05) is 6.07 Å². The first-order chi connectivity index (χ1) is 7.20. The quantitative estimate of drug-likeness (QED) is 0.741. The van der Waals surface area contributed by atoms with Crippen molar-refractivity contribution in [3.8, 4) is 11.9 Å². The van der Waals surface area contributed by atoms with Crippen LogP contribution in [0.3, 0.4) is 0 Å². The van der Waals surface area contributed by atoms with E-state index in [-0.39, 0.29) is 10.8 Å². The van der Waals surface area contributed by atoms with E-state index in [9.17, 15) is 4.39 Å². The minimum atomic E-state index is -0.588. The van der Waals surface area contributed by atoms with Crippen molar-refractivity contribution in [2.45, 2.75) is 0 Å². The van der Waals surface area contributed by atoms with E-state index in [0.717, 1.165) is 6.07 Å². The van der Waals surface area contributed by atoms with E-state index >= 15 is 0 Å². The van der Waals surface area contributed by atoms with Gasteiger partial charge in [-0.3, -0.25) is 0 Å². The lowest BCUT2D eigenvalue weighted by Crippen LogP contribution is -2.01. The predicted octanol–water partition coefficient (Wildman–Crippen LogP) is 1.93. The Bertz CT molecular complexity index is 543. The largest absolute Gasteiger partial charge is 0.233 e. The zero-order chi connectivity index (χ0) is 10.8. The van der Waals surface area contributed by atoms with Crippen LogP contribution in [0.1, 0.15) is 5.56 Å². The van der Waals surface area contributed by atoms with Crippen molar-refractivity contribution in [1.82, 2.24) is 14.8 Å². The number of rotatable bonds is 1. The summed E-state index contributed by atoms with van der Waals surface area (Å²) in [6, 6.07) is 3.02. The lowest BCUT2D eigenvalue weighted by molar-refractivity contribution is 0.600. The number of nitriles is 1. The van der Waals surface area contributed by atoms with Gasteiger partial charge in [-0.1, -0.05) is 11.6 Å². The number of pyridine rings is 1. The molecule has 74 valence electrons. The molecule has 2 rings (SSSR count). The molecule has 0 aliphatic rings. The van der Waals surface area contributed by atoms with Crippen LogP contribution in [0, 0.1) is 17.1 Å². The van der Waals surface area contributed by atoms with Crippen LogP contribution >= 0.6 is 11.6 Å². The molecule has 0 saturated carbocycles. The van der Waals surface area contributed by atoms with Crippen LogP contribution in [-0.2, 0) is 0 Å². The van der Waals surface area contributed by atoms with Gasteiger partial charge >= 0.3 is 0 Å². The predicted molar refractivity (Wildman–Crippen MR) is 51.0 cm³/mol. The number of aromatic nitrogens is 3. The van der Waals surface area contributed by atoms with Crippen molar-refractivity contribution >= 4 is 11.6 Å². The molecular formula is C9H4ClFN4. The van der Waals surface area contributed by atoms with Crippen LogP contribution in [0.25, 0.3) is 5.82 Å². The fourth-order valence-electron chi connectivity index (χ4n) is 1.07. The third-order valence-electron chi connectivity index (χ3n) is 1.72. The monoisotopic (exact) mass is 222 g/mol. The normalized spacial score (nSPS) is 9.93. The van der Waals surface area contributed by atoms with Gasteiger partial charge in [-0.05, 0) is 6.07 Å². The van der Waals surface area contributed by atoms with Crippen molar-refractivity contribution in [3.05, 3.63) is 41.1 Å². The van der Waals surface area contributed by atoms with Gasteiger partial charge in [0.05, 0.1) is 23.0 Å². The van der Waals surface area contributed by atoms with Gasteiger partial charge < -0.3 is 0 Å². The van der Waals surface area contributed by atoms with Crippen LogP contribution in [-0.4, -0.2) is 14.8 Å². The second kappa shape index (κ2) is 3.67. The van der Waals surface area contributed by atoms with Gasteiger partial charge in [-0.2, -0.15) is 10.4 Å². The SMILES string of the molecule is N#Cc1cnn(-c2ncc(Cl)cc2F)c1. The Hall–Kier alpha value is -1.93. The van der Waals surface area contributed by atoms with Crippen molar-refractivity contribution in [2.24, 2.45) is 0 Å². The fraction of sp³-hybridized carbons (Fsp3) is 0. The topological polar surface area (TPSA) is 54.5 Å². The summed E-state index contributed by atoms with van der Waals surface area (Å²) in [6.07, 6.45) is 4.03. The molecule has 2 aromatic rings. The van der Waals surface area contributed by atoms with Crippen molar-refractivity contribution in [1.29, 1.82) is 5.26 Å². The molecule has 15 heavy (non-hydrogen) atoms. The van der Waals surface area contributed by atoms with E-state index < -0.39 is 5.82 Å². The molecule has 6 heteroatoms. The Labute approximate surface area is 89.5 Å². The minimum absolute atomic E-state index is 0.0147. The van der Waals surface area contributed by atoms with Crippen molar-refractivity contribution in [2.75, 3.05) is 0 Å². The maximum absolute atomic E-state index is 13.4. The van der Waals surface area contributed by atoms with Crippen molar-refractivity contribution < 1.29 is 4.39 Å².